The molecule has 27 heavy (non-hydrogen) atoms. The summed E-state index contributed by atoms with van der Waals surface area (Å²) in [5.74, 6) is -1.45. The zero-order chi connectivity index (χ0) is 19.4. The number of nitrogens with one attached hydrogen (secondary N) is 1. The van der Waals surface area contributed by atoms with Crippen LogP contribution in [0.25, 0.3) is 0 Å². The number of benzene rings is 1. The molecule has 9 nitrogen and oxygen atoms in total. The number of amides is 3. The summed E-state index contributed by atoms with van der Waals surface area (Å²) in [5.41, 5.74) is 1.17. The molecule has 0 bridgehead atoms. The maximum absolute atomic E-state index is 12.7. The van der Waals surface area contributed by atoms with Crippen molar-refractivity contribution in [2.75, 3.05) is 19.8 Å². The summed E-state index contributed by atoms with van der Waals surface area (Å²) in [6.07, 6.45) is 0.432. The Hall–Kier alpha value is -2.94. The van der Waals surface area contributed by atoms with E-state index in [1.807, 2.05) is 0 Å². The van der Waals surface area contributed by atoms with Gasteiger partial charge in [-0.25, -0.2) is 0 Å². The molecule has 0 aliphatic carbocycles. The molecule has 9 heteroatoms. The van der Waals surface area contributed by atoms with Crippen molar-refractivity contribution in [2.45, 2.75) is 31.8 Å². The minimum absolute atomic E-state index is 0.0733. The SMILES string of the molecule is O=C(O)CCOCCOc1cccc2c1CN([C@H]1CCC(=O)NC1=O)C2=O. The zero-order valence-corrected chi connectivity index (χ0v) is 14.6. The van der Waals surface area contributed by atoms with Crippen LogP contribution in [-0.4, -0.2) is 59.6 Å². The van der Waals surface area contributed by atoms with Gasteiger partial charge in [0, 0.05) is 17.5 Å². The second-order valence-corrected chi connectivity index (χ2v) is 6.29. The van der Waals surface area contributed by atoms with Crippen molar-refractivity contribution in [1.29, 1.82) is 0 Å². The van der Waals surface area contributed by atoms with Crippen molar-refractivity contribution in [3.05, 3.63) is 29.3 Å². The summed E-state index contributed by atoms with van der Waals surface area (Å²) < 4.78 is 10.9. The molecule has 1 saturated heterocycles. The van der Waals surface area contributed by atoms with Gasteiger partial charge in [0.25, 0.3) is 5.91 Å². The van der Waals surface area contributed by atoms with E-state index in [-0.39, 0.29) is 51.0 Å². The molecular formula is C18H20N2O7. The minimum atomic E-state index is -0.927. The number of fused-ring (bicyclic) bond motifs is 1. The smallest absolute Gasteiger partial charge is 0.305 e. The highest BCUT2D eigenvalue weighted by Crippen LogP contribution is 2.33. The number of imide groups is 1. The molecule has 1 aromatic rings. The second kappa shape index (κ2) is 8.17. The lowest BCUT2D eigenvalue weighted by Gasteiger charge is -2.29. The Morgan fingerprint density at radius 1 is 1.22 bits per heavy atom. The standard InChI is InChI=1S/C18H20N2O7/c21-15-5-4-13(17(24)19-15)20-10-12-11(18(20)25)2-1-3-14(12)27-9-8-26-7-6-16(22)23/h1-3,13H,4-10H2,(H,22,23)(H,19,21,24)/t13-/m0/s1. The number of hydrogen-bond donors (Lipinski definition) is 2. The van der Waals surface area contributed by atoms with Gasteiger partial charge < -0.3 is 19.5 Å². The lowest BCUT2D eigenvalue weighted by molar-refractivity contribution is -0.139. The first kappa shape index (κ1) is 18.8. The van der Waals surface area contributed by atoms with Gasteiger partial charge in [-0.05, 0) is 18.6 Å². The lowest BCUT2D eigenvalue weighted by atomic mass is 10.0. The van der Waals surface area contributed by atoms with E-state index in [0.29, 0.717) is 23.3 Å². The number of carbonyl (C=O) groups is 4. The number of aliphatic carboxylic acids is 1. The molecule has 2 aliphatic rings. The maximum Gasteiger partial charge on any atom is 0.305 e. The molecule has 144 valence electrons. The van der Waals surface area contributed by atoms with E-state index in [4.69, 9.17) is 14.6 Å². The molecule has 0 saturated carbocycles. The molecule has 0 radical (unpaired) electrons. The van der Waals surface area contributed by atoms with Crippen LogP contribution in [0.15, 0.2) is 18.2 Å². The van der Waals surface area contributed by atoms with Gasteiger partial charge in [0.05, 0.1) is 26.2 Å². The van der Waals surface area contributed by atoms with Gasteiger partial charge in [-0.2, -0.15) is 0 Å². The second-order valence-electron chi connectivity index (χ2n) is 6.29. The van der Waals surface area contributed by atoms with Crippen LogP contribution in [0.2, 0.25) is 0 Å². The number of carbonyl (C=O) groups excluding carboxylic acids is 3. The van der Waals surface area contributed by atoms with Gasteiger partial charge in [0.2, 0.25) is 11.8 Å². The number of piperidine rings is 1. The lowest BCUT2D eigenvalue weighted by Crippen LogP contribution is -2.52. The molecule has 1 fully saturated rings. The van der Waals surface area contributed by atoms with Crippen LogP contribution in [0.5, 0.6) is 5.75 Å². The van der Waals surface area contributed by atoms with Gasteiger partial charge in [0.1, 0.15) is 18.4 Å². The van der Waals surface area contributed by atoms with Crippen LogP contribution in [0, 0.1) is 0 Å². The minimum Gasteiger partial charge on any atom is -0.491 e. The Bertz CT molecular complexity index is 777. The van der Waals surface area contributed by atoms with E-state index in [9.17, 15) is 19.2 Å². The van der Waals surface area contributed by atoms with Gasteiger partial charge in [0.15, 0.2) is 0 Å². The molecule has 3 amide bonds. The monoisotopic (exact) mass is 376 g/mol. The number of hydrogen-bond acceptors (Lipinski definition) is 6. The fourth-order valence-corrected chi connectivity index (χ4v) is 3.16. The maximum atomic E-state index is 12.7. The van der Waals surface area contributed by atoms with Gasteiger partial charge in [-0.3, -0.25) is 24.5 Å². The molecule has 3 rings (SSSR count). The molecule has 0 spiro atoms. The van der Waals surface area contributed by atoms with Crippen molar-refractivity contribution in [3.8, 4) is 5.75 Å². The van der Waals surface area contributed by atoms with E-state index >= 15 is 0 Å². The average Bonchev–Trinajstić information content (AvgIpc) is 2.95. The van der Waals surface area contributed by atoms with E-state index in [0.717, 1.165) is 0 Å². The highest BCUT2D eigenvalue weighted by molar-refractivity contribution is 6.05. The number of carboxylic acid groups (broad SMARTS) is 1. The number of nitrogens with zero attached hydrogens (tertiary/aromatic N) is 1. The molecule has 1 aromatic carbocycles. The predicted molar refractivity (Wildman–Crippen MR) is 91.1 cm³/mol. The van der Waals surface area contributed by atoms with Crippen molar-refractivity contribution in [1.82, 2.24) is 10.2 Å². The summed E-state index contributed by atoms with van der Waals surface area (Å²) in [7, 11) is 0. The fourth-order valence-electron chi connectivity index (χ4n) is 3.16. The Labute approximate surface area is 155 Å². The van der Waals surface area contributed by atoms with Crippen molar-refractivity contribution >= 4 is 23.7 Å². The summed E-state index contributed by atoms with van der Waals surface area (Å²) in [5, 5.41) is 10.8. The third-order valence-corrected chi connectivity index (χ3v) is 4.48. The summed E-state index contributed by atoms with van der Waals surface area (Å²) in [4.78, 5) is 48.0. The third kappa shape index (κ3) is 4.25. The van der Waals surface area contributed by atoms with Crippen molar-refractivity contribution in [3.63, 3.8) is 0 Å². The van der Waals surface area contributed by atoms with Crippen molar-refractivity contribution < 1.29 is 33.8 Å². The highest BCUT2D eigenvalue weighted by atomic mass is 16.5. The topological polar surface area (TPSA) is 122 Å². The first-order valence-electron chi connectivity index (χ1n) is 8.66. The van der Waals surface area contributed by atoms with E-state index in [1.54, 1.807) is 18.2 Å². The van der Waals surface area contributed by atoms with Gasteiger partial charge >= 0.3 is 5.97 Å². The Morgan fingerprint density at radius 2 is 2.04 bits per heavy atom. The summed E-state index contributed by atoms with van der Waals surface area (Å²) in [6.45, 7) is 0.772. The van der Waals surface area contributed by atoms with E-state index < -0.39 is 17.9 Å². The van der Waals surface area contributed by atoms with Crippen LogP contribution in [0.1, 0.15) is 35.2 Å². The Morgan fingerprint density at radius 3 is 2.78 bits per heavy atom. The molecule has 2 aliphatic heterocycles. The molecule has 1 atom stereocenters. The Kier molecular flexibility index (Phi) is 5.70. The van der Waals surface area contributed by atoms with Gasteiger partial charge in [-0.1, -0.05) is 6.07 Å². The zero-order valence-electron chi connectivity index (χ0n) is 14.6. The highest BCUT2D eigenvalue weighted by Gasteiger charge is 2.40. The number of rotatable bonds is 8. The fraction of sp³-hybridized carbons (Fsp3) is 0.444. The molecule has 0 unspecified atom stereocenters. The Balaban J connectivity index is 1.61. The first-order valence-corrected chi connectivity index (χ1v) is 8.66. The number of ether oxygens (including phenoxy) is 2. The van der Waals surface area contributed by atoms with Crippen molar-refractivity contribution in [2.24, 2.45) is 0 Å². The van der Waals surface area contributed by atoms with E-state index in [1.165, 1.54) is 4.90 Å². The van der Waals surface area contributed by atoms with Crippen LogP contribution in [0.3, 0.4) is 0 Å². The quantitative estimate of drug-likeness (QED) is 0.495. The third-order valence-electron chi connectivity index (χ3n) is 4.48. The largest absolute Gasteiger partial charge is 0.491 e. The van der Waals surface area contributed by atoms with Gasteiger partial charge in [-0.15, -0.1) is 0 Å². The average molecular weight is 376 g/mol. The van der Waals surface area contributed by atoms with Crippen LogP contribution in [-0.2, 0) is 25.7 Å². The van der Waals surface area contributed by atoms with Crippen LogP contribution in [0.4, 0.5) is 0 Å². The van der Waals surface area contributed by atoms with Crippen LogP contribution < -0.4 is 10.1 Å². The molecule has 0 aromatic heterocycles. The first-order chi connectivity index (χ1) is 13.0. The summed E-state index contributed by atoms with van der Waals surface area (Å²) >= 11 is 0. The molecule has 2 N–H and O–H groups in total. The summed E-state index contributed by atoms with van der Waals surface area (Å²) in [6, 6.07) is 4.44. The predicted octanol–water partition coefficient (Wildman–Crippen LogP) is 0.318. The number of carboxylic acids is 1. The molecular weight excluding hydrogens is 356 g/mol. The normalized spacial score (nSPS) is 19.0. The molecule has 2 heterocycles. The van der Waals surface area contributed by atoms with E-state index in [2.05, 4.69) is 5.32 Å². The van der Waals surface area contributed by atoms with Crippen LogP contribution >= 0.6 is 0 Å².